The second-order valence-electron chi connectivity index (χ2n) is 9.11. The summed E-state index contributed by atoms with van der Waals surface area (Å²) in [7, 11) is 0. The predicted octanol–water partition coefficient (Wildman–Crippen LogP) is 5.61. The van der Waals surface area contributed by atoms with Gasteiger partial charge in [0, 0.05) is 18.8 Å². The lowest BCUT2D eigenvalue weighted by molar-refractivity contribution is -0.127. The van der Waals surface area contributed by atoms with Crippen LogP contribution in [0.3, 0.4) is 0 Å². The van der Waals surface area contributed by atoms with Crippen LogP contribution in [-0.4, -0.2) is 19.0 Å². The molecular weight excluding hydrogens is 356 g/mol. The molecule has 1 saturated carbocycles. The van der Waals surface area contributed by atoms with E-state index in [1.807, 2.05) is 18.2 Å². The first-order chi connectivity index (χ1) is 14.1. The summed E-state index contributed by atoms with van der Waals surface area (Å²) in [4.78, 5) is 15.9. The number of benzene rings is 2. The van der Waals surface area contributed by atoms with Crippen LogP contribution in [0.15, 0.2) is 54.6 Å². The van der Waals surface area contributed by atoms with Crippen molar-refractivity contribution in [2.24, 2.45) is 5.92 Å². The predicted molar refractivity (Wildman–Crippen MR) is 120 cm³/mol. The lowest BCUT2D eigenvalue weighted by atomic mass is 9.77. The van der Waals surface area contributed by atoms with Crippen LogP contribution in [0.2, 0.25) is 0 Å². The van der Waals surface area contributed by atoms with Crippen molar-refractivity contribution < 1.29 is 4.79 Å². The van der Waals surface area contributed by atoms with E-state index in [0.717, 1.165) is 50.3 Å². The Morgan fingerprint density at radius 1 is 1.00 bits per heavy atom. The maximum Gasteiger partial charge on any atom is 0.231 e. The van der Waals surface area contributed by atoms with Gasteiger partial charge in [-0.1, -0.05) is 62.2 Å². The Hall–Kier alpha value is -2.29. The van der Waals surface area contributed by atoms with Gasteiger partial charge in [0.2, 0.25) is 5.91 Å². The van der Waals surface area contributed by atoms with Crippen molar-refractivity contribution in [3.63, 3.8) is 0 Å². The monoisotopic (exact) mass is 390 g/mol. The molecule has 2 aliphatic rings. The van der Waals surface area contributed by atoms with Gasteiger partial charge in [0.1, 0.15) is 0 Å². The van der Waals surface area contributed by atoms with Crippen molar-refractivity contribution in [2.45, 2.75) is 63.8 Å². The molecule has 0 radical (unpaired) electrons. The molecule has 1 aliphatic heterocycles. The molecule has 0 spiro atoms. The zero-order valence-electron chi connectivity index (χ0n) is 17.9. The number of nitrogens with one attached hydrogen (secondary N) is 1. The smallest absolute Gasteiger partial charge is 0.231 e. The molecular formula is C26H34N2O. The van der Waals surface area contributed by atoms with E-state index >= 15 is 0 Å². The molecule has 1 unspecified atom stereocenters. The number of amides is 1. The average Bonchev–Trinajstić information content (AvgIpc) is 3.26. The first-order valence-electron chi connectivity index (χ1n) is 11.3. The highest BCUT2D eigenvalue weighted by Gasteiger charge is 2.42. The zero-order chi connectivity index (χ0) is 20.3. The molecule has 1 aliphatic carbocycles. The lowest BCUT2D eigenvalue weighted by Crippen LogP contribution is -2.43. The van der Waals surface area contributed by atoms with Crippen LogP contribution in [0.5, 0.6) is 0 Å². The number of nitrogens with zero attached hydrogens (tertiary/aromatic N) is 1. The lowest BCUT2D eigenvalue weighted by Gasteiger charge is -2.32. The van der Waals surface area contributed by atoms with Crippen LogP contribution in [0.4, 0.5) is 5.69 Å². The van der Waals surface area contributed by atoms with Gasteiger partial charge >= 0.3 is 0 Å². The van der Waals surface area contributed by atoms with E-state index < -0.39 is 0 Å². The number of piperidine rings is 1. The Labute approximate surface area is 175 Å². The molecule has 2 aromatic rings. The summed E-state index contributed by atoms with van der Waals surface area (Å²) >= 11 is 0. The molecule has 154 valence electrons. The summed E-state index contributed by atoms with van der Waals surface area (Å²) in [5.41, 5.74) is 3.28. The van der Waals surface area contributed by atoms with Gasteiger partial charge in [-0.25, -0.2) is 0 Å². The van der Waals surface area contributed by atoms with Crippen LogP contribution < -0.4 is 10.2 Å². The molecule has 3 nitrogen and oxygen atoms in total. The third-order valence-corrected chi connectivity index (χ3v) is 7.11. The average molecular weight is 391 g/mol. The Bertz CT molecular complexity index is 800. The SMILES string of the molecule is CC1CCN(c2ccc(C(C)NC(=O)C3(c4ccccc4)CCCC3)cc2)CC1. The van der Waals surface area contributed by atoms with E-state index in [1.165, 1.54) is 24.1 Å². The molecule has 2 fully saturated rings. The van der Waals surface area contributed by atoms with Gasteiger partial charge in [-0.15, -0.1) is 0 Å². The molecule has 1 saturated heterocycles. The minimum Gasteiger partial charge on any atom is -0.372 e. The Kier molecular flexibility index (Phi) is 5.94. The highest BCUT2D eigenvalue weighted by atomic mass is 16.2. The quantitative estimate of drug-likeness (QED) is 0.719. The largest absolute Gasteiger partial charge is 0.372 e. The third kappa shape index (κ3) is 4.19. The fourth-order valence-corrected chi connectivity index (χ4v) is 5.04. The summed E-state index contributed by atoms with van der Waals surface area (Å²) in [5.74, 6) is 1.02. The number of anilines is 1. The highest BCUT2D eigenvalue weighted by Crippen LogP contribution is 2.41. The van der Waals surface area contributed by atoms with Crippen molar-refractivity contribution in [3.05, 3.63) is 65.7 Å². The molecule has 1 heterocycles. The molecule has 29 heavy (non-hydrogen) atoms. The molecule has 1 amide bonds. The topological polar surface area (TPSA) is 32.3 Å². The zero-order valence-corrected chi connectivity index (χ0v) is 17.9. The molecule has 2 aromatic carbocycles. The van der Waals surface area contributed by atoms with Crippen LogP contribution in [-0.2, 0) is 10.2 Å². The van der Waals surface area contributed by atoms with Gasteiger partial charge in [-0.05, 0) is 61.8 Å². The molecule has 3 heteroatoms. The van der Waals surface area contributed by atoms with Crippen molar-refractivity contribution >= 4 is 11.6 Å². The van der Waals surface area contributed by atoms with Gasteiger partial charge in [-0.2, -0.15) is 0 Å². The second kappa shape index (κ2) is 8.61. The van der Waals surface area contributed by atoms with Gasteiger partial charge in [0.15, 0.2) is 0 Å². The van der Waals surface area contributed by atoms with Crippen molar-refractivity contribution in [1.29, 1.82) is 0 Å². The maximum absolute atomic E-state index is 13.4. The Morgan fingerprint density at radius 3 is 2.24 bits per heavy atom. The van der Waals surface area contributed by atoms with E-state index in [-0.39, 0.29) is 17.4 Å². The maximum atomic E-state index is 13.4. The molecule has 1 N–H and O–H groups in total. The molecule has 4 rings (SSSR count). The van der Waals surface area contributed by atoms with E-state index in [4.69, 9.17) is 0 Å². The van der Waals surface area contributed by atoms with Crippen LogP contribution in [0.25, 0.3) is 0 Å². The van der Waals surface area contributed by atoms with Gasteiger partial charge < -0.3 is 10.2 Å². The Morgan fingerprint density at radius 2 is 1.62 bits per heavy atom. The van der Waals surface area contributed by atoms with E-state index in [9.17, 15) is 4.79 Å². The van der Waals surface area contributed by atoms with E-state index in [2.05, 4.69) is 60.5 Å². The third-order valence-electron chi connectivity index (χ3n) is 7.11. The highest BCUT2D eigenvalue weighted by molar-refractivity contribution is 5.89. The normalized spacial score (nSPS) is 20.4. The Balaban J connectivity index is 1.44. The first-order valence-corrected chi connectivity index (χ1v) is 11.3. The number of hydrogen-bond donors (Lipinski definition) is 1. The van der Waals surface area contributed by atoms with E-state index in [0.29, 0.717) is 0 Å². The summed E-state index contributed by atoms with van der Waals surface area (Å²) in [5, 5.41) is 3.33. The molecule has 0 aromatic heterocycles. The number of carbonyl (C=O) groups excluding carboxylic acids is 1. The molecule has 0 bridgehead atoms. The van der Waals surface area contributed by atoms with Crippen molar-refractivity contribution in [2.75, 3.05) is 18.0 Å². The summed E-state index contributed by atoms with van der Waals surface area (Å²) in [6.45, 7) is 6.74. The minimum absolute atomic E-state index is 0.0131. The second-order valence-corrected chi connectivity index (χ2v) is 9.11. The van der Waals surface area contributed by atoms with Crippen LogP contribution in [0, 0.1) is 5.92 Å². The summed E-state index contributed by atoms with van der Waals surface area (Å²) in [6, 6.07) is 19.2. The van der Waals surface area contributed by atoms with Crippen LogP contribution >= 0.6 is 0 Å². The first kappa shape index (κ1) is 20.0. The summed E-state index contributed by atoms with van der Waals surface area (Å²) in [6.07, 6.45) is 6.69. The van der Waals surface area contributed by atoms with Gasteiger partial charge in [-0.3, -0.25) is 4.79 Å². The number of carbonyl (C=O) groups is 1. The van der Waals surface area contributed by atoms with Crippen LogP contribution in [0.1, 0.15) is 69.5 Å². The van der Waals surface area contributed by atoms with Crippen molar-refractivity contribution in [3.8, 4) is 0 Å². The summed E-state index contributed by atoms with van der Waals surface area (Å²) < 4.78 is 0. The minimum atomic E-state index is -0.361. The van der Waals surface area contributed by atoms with Gasteiger partial charge in [0.05, 0.1) is 11.5 Å². The number of rotatable bonds is 5. The fraction of sp³-hybridized carbons (Fsp3) is 0.500. The number of hydrogen-bond acceptors (Lipinski definition) is 2. The fourth-order valence-electron chi connectivity index (χ4n) is 5.04. The van der Waals surface area contributed by atoms with Gasteiger partial charge in [0.25, 0.3) is 0 Å². The molecule has 1 atom stereocenters. The standard InChI is InChI=1S/C26H34N2O/c1-20-14-18-28(19-15-20)24-12-10-22(11-13-24)21(2)27-25(29)26(16-6-7-17-26)23-8-4-3-5-9-23/h3-5,8-13,20-21H,6-7,14-19H2,1-2H3,(H,27,29). The van der Waals surface area contributed by atoms with E-state index in [1.54, 1.807) is 0 Å². The van der Waals surface area contributed by atoms with Crippen molar-refractivity contribution in [1.82, 2.24) is 5.32 Å².